The van der Waals surface area contributed by atoms with E-state index in [1.54, 1.807) is 0 Å². The van der Waals surface area contributed by atoms with Crippen molar-refractivity contribution in [2.24, 2.45) is 0 Å². The third-order valence-corrected chi connectivity index (χ3v) is 2.66. The zero-order valence-corrected chi connectivity index (χ0v) is 10.1. The molecule has 0 atom stereocenters. The van der Waals surface area contributed by atoms with Gasteiger partial charge in [0.25, 0.3) is 0 Å². The highest BCUT2D eigenvalue weighted by Gasteiger charge is 2.41. The normalized spacial score (nSPS) is 19.9. The molecule has 0 bridgehead atoms. The van der Waals surface area contributed by atoms with Gasteiger partial charge in [0.2, 0.25) is 11.8 Å². The van der Waals surface area contributed by atoms with Crippen molar-refractivity contribution in [1.29, 1.82) is 0 Å². The first-order chi connectivity index (χ1) is 8.14. The van der Waals surface area contributed by atoms with Crippen LogP contribution in [0.25, 0.3) is 0 Å². The van der Waals surface area contributed by atoms with E-state index in [9.17, 15) is 22.8 Å². The molecule has 5 nitrogen and oxygen atoms in total. The van der Waals surface area contributed by atoms with Gasteiger partial charge in [0, 0.05) is 6.54 Å². The van der Waals surface area contributed by atoms with E-state index < -0.39 is 18.3 Å². The summed E-state index contributed by atoms with van der Waals surface area (Å²) >= 11 is 0. The molecule has 1 aliphatic rings. The van der Waals surface area contributed by atoms with E-state index in [2.05, 4.69) is 10.1 Å². The maximum absolute atomic E-state index is 11.8. The Bertz CT molecular complexity index is 342. The van der Waals surface area contributed by atoms with Crippen molar-refractivity contribution in [2.45, 2.75) is 25.6 Å². The topological polar surface area (TPSA) is 58.6 Å². The summed E-state index contributed by atoms with van der Waals surface area (Å²) < 4.78 is 40.0. The second-order valence-corrected chi connectivity index (χ2v) is 4.45. The van der Waals surface area contributed by atoms with Crippen LogP contribution in [-0.2, 0) is 14.3 Å². The molecule has 104 valence electrons. The highest BCUT2D eigenvalue weighted by Crippen LogP contribution is 2.18. The Kier molecular flexibility index (Phi) is 4.20. The summed E-state index contributed by atoms with van der Waals surface area (Å²) in [5, 5.41) is 2.42. The second kappa shape index (κ2) is 5.13. The number of halogens is 3. The molecule has 2 amide bonds. The molecule has 0 aromatic rings. The first kappa shape index (κ1) is 14.7. The van der Waals surface area contributed by atoms with Crippen LogP contribution in [0.5, 0.6) is 0 Å². The Morgan fingerprint density at radius 1 is 1.39 bits per heavy atom. The Balaban J connectivity index is 2.49. The first-order valence-corrected chi connectivity index (χ1v) is 5.38. The smallest absolute Gasteiger partial charge is 0.370 e. The fourth-order valence-corrected chi connectivity index (χ4v) is 1.65. The Hall–Kier alpha value is -1.31. The fraction of sp³-hybridized carbons (Fsp3) is 0.800. The number of amides is 2. The number of carbonyl (C=O) groups is 2. The summed E-state index contributed by atoms with van der Waals surface area (Å²) in [4.78, 5) is 24.3. The number of alkyl halides is 3. The Morgan fingerprint density at radius 2 is 2.00 bits per heavy atom. The largest absolute Gasteiger partial charge is 0.411 e. The van der Waals surface area contributed by atoms with Crippen molar-refractivity contribution in [1.82, 2.24) is 10.2 Å². The summed E-state index contributed by atoms with van der Waals surface area (Å²) in [6.45, 7) is 1.26. The average Bonchev–Trinajstić information content (AvgIpc) is 2.21. The standard InChI is InChI=1S/C10H15F3N2O3/c1-9(2)8(17)14-5-7(16)15(9)3-4-18-6-10(11,12)13/h3-6H2,1-2H3,(H,14,17). The van der Waals surface area contributed by atoms with E-state index in [-0.39, 0.29) is 31.5 Å². The SMILES string of the molecule is CC1(C)C(=O)NCC(=O)N1CCOCC(F)(F)F. The van der Waals surface area contributed by atoms with Crippen LogP contribution in [0, 0.1) is 0 Å². The molecule has 1 aliphatic heterocycles. The quantitative estimate of drug-likeness (QED) is 0.746. The Labute approximate surface area is 102 Å². The van der Waals surface area contributed by atoms with Gasteiger partial charge in [0.1, 0.15) is 12.1 Å². The number of rotatable bonds is 4. The number of carbonyl (C=O) groups excluding carboxylic acids is 2. The van der Waals surface area contributed by atoms with Crippen molar-refractivity contribution in [3.05, 3.63) is 0 Å². The lowest BCUT2D eigenvalue weighted by molar-refractivity contribution is -0.176. The van der Waals surface area contributed by atoms with E-state index in [0.29, 0.717) is 0 Å². The minimum atomic E-state index is -4.39. The van der Waals surface area contributed by atoms with Crippen LogP contribution in [0.2, 0.25) is 0 Å². The third-order valence-electron chi connectivity index (χ3n) is 2.66. The van der Waals surface area contributed by atoms with Gasteiger partial charge < -0.3 is 15.0 Å². The van der Waals surface area contributed by atoms with Crippen LogP contribution in [0.3, 0.4) is 0 Å². The fourth-order valence-electron chi connectivity index (χ4n) is 1.65. The van der Waals surface area contributed by atoms with Gasteiger partial charge >= 0.3 is 6.18 Å². The van der Waals surface area contributed by atoms with Gasteiger partial charge in [0.15, 0.2) is 0 Å². The van der Waals surface area contributed by atoms with Crippen LogP contribution in [0.1, 0.15) is 13.8 Å². The van der Waals surface area contributed by atoms with Gasteiger partial charge in [0.05, 0.1) is 13.2 Å². The molecule has 1 saturated heterocycles. The molecular formula is C10H15F3N2O3. The van der Waals surface area contributed by atoms with Gasteiger partial charge in [-0.2, -0.15) is 13.2 Å². The molecule has 0 aromatic heterocycles. The molecule has 0 saturated carbocycles. The predicted molar refractivity (Wildman–Crippen MR) is 55.7 cm³/mol. The molecule has 1 rings (SSSR count). The summed E-state index contributed by atoms with van der Waals surface area (Å²) in [5.41, 5.74) is -1.07. The van der Waals surface area contributed by atoms with E-state index >= 15 is 0 Å². The van der Waals surface area contributed by atoms with Crippen molar-refractivity contribution >= 4 is 11.8 Å². The lowest BCUT2D eigenvalue weighted by Crippen LogP contribution is -2.64. The summed E-state index contributed by atoms with van der Waals surface area (Å²) in [6, 6.07) is 0. The number of ether oxygens (including phenoxy) is 1. The van der Waals surface area contributed by atoms with Gasteiger partial charge in [-0.15, -0.1) is 0 Å². The molecule has 0 aromatic carbocycles. The van der Waals surface area contributed by atoms with Crippen LogP contribution in [0.15, 0.2) is 0 Å². The number of piperazine rings is 1. The average molecular weight is 268 g/mol. The van der Waals surface area contributed by atoms with Crippen LogP contribution in [0.4, 0.5) is 13.2 Å². The van der Waals surface area contributed by atoms with Gasteiger partial charge in [-0.1, -0.05) is 0 Å². The molecule has 0 spiro atoms. The molecule has 1 heterocycles. The Morgan fingerprint density at radius 3 is 2.56 bits per heavy atom. The molecule has 0 aliphatic carbocycles. The summed E-state index contributed by atoms with van der Waals surface area (Å²) in [6.07, 6.45) is -4.39. The summed E-state index contributed by atoms with van der Waals surface area (Å²) in [5.74, 6) is -0.673. The zero-order chi connectivity index (χ0) is 14.0. The lowest BCUT2D eigenvalue weighted by atomic mass is 9.99. The van der Waals surface area contributed by atoms with Crippen LogP contribution in [-0.4, -0.2) is 54.7 Å². The molecule has 0 radical (unpaired) electrons. The molecule has 18 heavy (non-hydrogen) atoms. The maximum Gasteiger partial charge on any atom is 0.411 e. The first-order valence-electron chi connectivity index (χ1n) is 5.38. The highest BCUT2D eigenvalue weighted by molar-refractivity contribution is 5.97. The summed E-state index contributed by atoms with van der Waals surface area (Å²) in [7, 11) is 0. The highest BCUT2D eigenvalue weighted by atomic mass is 19.4. The van der Waals surface area contributed by atoms with Gasteiger partial charge in [-0.3, -0.25) is 9.59 Å². The monoisotopic (exact) mass is 268 g/mol. The number of nitrogens with one attached hydrogen (secondary N) is 1. The molecule has 8 heteroatoms. The van der Waals surface area contributed by atoms with Crippen LogP contribution < -0.4 is 5.32 Å². The number of nitrogens with zero attached hydrogens (tertiary/aromatic N) is 1. The second-order valence-electron chi connectivity index (χ2n) is 4.45. The van der Waals surface area contributed by atoms with E-state index in [1.807, 2.05) is 0 Å². The zero-order valence-electron chi connectivity index (χ0n) is 10.1. The van der Waals surface area contributed by atoms with Crippen molar-refractivity contribution in [3.63, 3.8) is 0 Å². The molecule has 1 fully saturated rings. The van der Waals surface area contributed by atoms with E-state index in [4.69, 9.17) is 0 Å². The minimum absolute atomic E-state index is 0.0463. The molecule has 1 N–H and O–H groups in total. The van der Waals surface area contributed by atoms with Crippen molar-refractivity contribution in [3.8, 4) is 0 Å². The van der Waals surface area contributed by atoms with E-state index in [1.165, 1.54) is 18.7 Å². The van der Waals surface area contributed by atoms with Crippen LogP contribution >= 0.6 is 0 Å². The van der Waals surface area contributed by atoms with Gasteiger partial charge in [-0.05, 0) is 13.8 Å². The number of hydrogen-bond donors (Lipinski definition) is 1. The molecular weight excluding hydrogens is 253 g/mol. The lowest BCUT2D eigenvalue weighted by Gasteiger charge is -2.40. The maximum atomic E-state index is 11.8. The van der Waals surface area contributed by atoms with Crippen molar-refractivity contribution < 1.29 is 27.5 Å². The molecule has 0 unspecified atom stereocenters. The number of hydrogen-bond acceptors (Lipinski definition) is 3. The predicted octanol–water partition coefficient (Wildman–Crippen LogP) is 0.302. The van der Waals surface area contributed by atoms with Gasteiger partial charge in [-0.25, -0.2) is 0 Å². The van der Waals surface area contributed by atoms with E-state index in [0.717, 1.165) is 0 Å². The minimum Gasteiger partial charge on any atom is -0.370 e. The third kappa shape index (κ3) is 3.59. The van der Waals surface area contributed by atoms with Crippen molar-refractivity contribution in [2.75, 3.05) is 26.3 Å².